The van der Waals surface area contributed by atoms with Gasteiger partial charge >= 0.3 is 5.97 Å². The second-order valence-electron chi connectivity index (χ2n) is 10.7. The van der Waals surface area contributed by atoms with Crippen molar-refractivity contribution < 1.29 is 28.1 Å². The van der Waals surface area contributed by atoms with Crippen molar-refractivity contribution in [3.63, 3.8) is 0 Å². The molecule has 0 fully saturated rings. The van der Waals surface area contributed by atoms with E-state index in [4.69, 9.17) is 23.9 Å². The van der Waals surface area contributed by atoms with Gasteiger partial charge in [-0.25, -0.2) is 19.2 Å². The molecule has 0 aliphatic rings. The maximum absolute atomic E-state index is 15.5. The summed E-state index contributed by atoms with van der Waals surface area (Å²) in [6.07, 6.45) is 0.256. The molecule has 228 valence electrons. The van der Waals surface area contributed by atoms with Crippen molar-refractivity contribution in [2.24, 2.45) is 0 Å². The first-order valence-electron chi connectivity index (χ1n) is 14.4. The highest BCUT2D eigenvalue weighted by molar-refractivity contribution is 5.93. The van der Waals surface area contributed by atoms with Crippen LogP contribution in [-0.2, 0) is 29.0 Å². The minimum Gasteiger partial charge on any atom is -0.496 e. The molecule has 0 saturated heterocycles. The Bertz CT molecular complexity index is 1780. The number of pyridine rings is 1. The summed E-state index contributed by atoms with van der Waals surface area (Å²) in [4.78, 5) is 21.5. The predicted molar refractivity (Wildman–Crippen MR) is 167 cm³/mol. The summed E-state index contributed by atoms with van der Waals surface area (Å²) in [5, 5.41) is 0. The van der Waals surface area contributed by atoms with Crippen LogP contribution >= 0.6 is 0 Å². The minimum atomic E-state index is -0.433. The van der Waals surface area contributed by atoms with Crippen LogP contribution in [0.3, 0.4) is 0 Å². The largest absolute Gasteiger partial charge is 0.496 e. The lowest BCUT2D eigenvalue weighted by molar-refractivity contribution is 0.0601. The fourth-order valence-electron chi connectivity index (χ4n) is 5.08. The second-order valence-corrected chi connectivity index (χ2v) is 10.7. The molecule has 0 bridgehead atoms. The molecule has 2 heterocycles. The summed E-state index contributed by atoms with van der Waals surface area (Å²) < 4.78 is 39.2. The van der Waals surface area contributed by atoms with E-state index < -0.39 is 5.97 Å². The first-order valence-corrected chi connectivity index (χ1v) is 14.4. The van der Waals surface area contributed by atoms with Crippen molar-refractivity contribution in [1.82, 2.24) is 14.5 Å². The first kappa shape index (κ1) is 30.7. The molecule has 0 N–H and O–H groups in total. The average Bonchev–Trinajstić information content (AvgIpc) is 3.39. The zero-order valence-electron chi connectivity index (χ0n) is 25.6. The van der Waals surface area contributed by atoms with Crippen LogP contribution in [0.4, 0.5) is 4.39 Å². The van der Waals surface area contributed by atoms with Crippen molar-refractivity contribution in [1.29, 1.82) is 0 Å². The Morgan fingerprint density at radius 2 is 1.77 bits per heavy atom. The molecule has 0 atom stereocenters. The molecule has 5 aromatic rings. The van der Waals surface area contributed by atoms with E-state index in [-0.39, 0.29) is 12.2 Å². The third-order valence-electron chi connectivity index (χ3n) is 7.54. The zero-order valence-corrected chi connectivity index (χ0v) is 25.6. The van der Waals surface area contributed by atoms with Gasteiger partial charge in [0, 0.05) is 37.3 Å². The van der Waals surface area contributed by atoms with Gasteiger partial charge in [0.25, 0.3) is 0 Å². The molecule has 0 saturated carbocycles. The van der Waals surface area contributed by atoms with E-state index >= 15 is 4.39 Å². The number of hydrogen-bond acceptors (Lipinski definition) is 7. The van der Waals surface area contributed by atoms with Gasteiger partial charge in [-0.2, -0.15) is 0 Å². The number of aromatic nitrogens is 3. The predicted octanol–water partition coefficient (Wildman–Crippen LogP) is 6.97. The van der Waals surface area contributed by atoms with E-state index in [0.29, 0.717) is 65.3 Å². The van der Waals surface area contributed by atoms with E-state index in [1.165, 1.54) is 18.7 Å². The van der Waals surface area contributed by atoms with Gasteiger partial charge in [-0.05, 0) is 59.5 Å². The minimum absolute atomic E-state index is 0.256. The summed E-state index contributed by atoms with van der Waals surface area (Å²) in [7, 11) is 4.60. The summed E-state index contributed by atoms with van der Waals surface area (Å²) in [5.41, 5.74) is 5.72. The smallest absolute Gasteiger partial charge is 0.337 e. The number of carbonyl (C=O) groups is 1. The van der Waals surface area contributed by atoms with Crippen molar-refractivity contribution in [2.75, 3.05) is 27.9 Å². The number of nitrogens with zero attached hydrogens (tertiary/aromatic N) is 3. The normalized spacial score (nSPS) is 11.2. The highest BCUT2D eigenvalue weighted by atomic mass is 19.1. The first-order chi connectivity index (χ1) is 21.3. The van der Waals surface area contributed by atoms with Crippen LogP contribution in [0.2, 0.25) is 0 Å². The van der Waals surface area contributed by atoms with Crippen molar-refractivity contribution in [3.8, 4) is 22.9 Å². The Kier molecular flexibility index (Phi) is 9.55. The summed E-state index contributed by atoms with van der Waals surface area (Å²) in [6.45, 7) is 5.50. The lowest BCUT2D eigenvalue weighted by Crippen LogP contribution is -2.10. The van der Waals surface area contributed by atoms with Crippen molar-refractivity contribution in [2.45, 2.75) is 39.3 Å². The molecule has 3 aromatic carbocycles. The van der Waals surface area contributed by atoms with Gasteiger partial charge in [0.15, 0.2) is 0 Å². The Labute approximate surface area is 256 Å². The van der Waals surface area contributed by atoms with Crippen LogP contribution in [0, 0.1) is 5.82 Å². The maximum Gasteiger partial charge on any atom is 0.337 e. The molecular formula is C35H36FN3O5. The molecule has 0 aliphatic heterocycles. The highest BCUT2D eigenvalue weighted by Gasteiger charge is 2.17. The van der Waals surface area contributed by atoms with Crippen molar-refractivity contribution in [3.05, 3.63) is 107 Å². The van der Waals surface area contributed by atoms with Gasteiger partial charge in [-0.15, -0.1) is 0 Å². The SMILES string of the molecule is COCCn1c(Cc2ccc(-c3cccc(OCc4cc(C(C)C)ccc4OC)n3)cc2F)nc2ccc(C(=O)OC)cc21. The third kappa shape index (κ3) is 6.73. The Balaban J connectivity index is 1.37. The number of methoxy groups -OCH3 is 3. The highest BCUT2D eigenvalue weighted by Crippen LogP contribution is 2.28. The zero-order chi connectivity index (χ0) is 31.2. The monoisotopic (exact) mass is 597 g/mol. The van der Waals surface area contributed by atoms with E-state index in [0.717, 1.165) is 16.8 Å². The number of imidazole rings is 1. The maximum atomic E-state index is 15.5. The standard InChI is InChI=1S/C35H36FN3O5/c1-22(2)23-12-14-32(42-4)27(17-23)21-44-34-8-6-7-29(38-34)25-10-9-24(28(36)18-25)20-33-37-30-13-11-26(35(40)43-5)19-31(30)39(33)15-16-41-3/h6-14,17-19,22H,15-16,20-21H2,1-5H3. The molecule has 0 aliphatic carbocycles. The van der Waals surface area contributed by atoms with Crippen LogP contribution < -0.4 is 9.47 Å². The summed E-state index contributed by atoms with van der Waals surface area (Å²) in [6, 6.07) is 21.8. The number of esters is 1. The second kappa shape index (κ2) is 13.7. The molecule has 0 amide bonds. The van der Waals surface area contributed by atoms with Crippen LogP contribution in [0.1, 0.15) is 52.6 Å². The van der Waals surface area contributed by atoms with Crippen LogP contribution in [0.5, 0.6) is 11.6 Å². The third-order valence-corrected chi connectivity index (χ3v) is 7.54. The molecule has 0 spiro atoms. The summed E-state index contributed by atoms with van der Waals surface area (Å²) in [5.74, 6) is 1.42. The van der Waals surface area contributed by atoms with E-state index in [2.05, 4.69) is 31.0 Å². The fourth-order valence-corrected chi connectivity index (χ4v) is 5.08. The molecule has 44 heavy (non-hydrogen) atoms. The van der Waals surface area contributed by atoms with E-state index in [1.54, 1.807) is 44.6 Å². The number of rotatable bonds is 12. The van der Waals surface area contributed by atoms with Gasteiger partial charge < -0.3 is 23.5 Å². The molecule has 8 nitrogen and oxygen atoms in total. The lowest BCUT2D eigenvalue weighted by atomic mass is 10.0. The van der Waals surface area contributed by atoms with Gasteiger partial charge in [0.2, 0.25) is 5.88 Å². The molecule has 5 rings (SSSR count). The van der Waals surface area contributed by atoms with E-state index in [9.17, 15) is 4.79 Å². The molecule has 9 heteroatoms. The number of fused-ring (bicyclic) bond motifs is 1. The molecule has 0 unspecified atom stereocenters. The average molecular weight is 598 g/mol. The Morgan fingerprint density at radius 1 is 0.932 bits per heavy atom. The molecular weight excluding hydrogens is 561 g/mol. The number of halogens is 1. The molecule has 2 aromatic heterocycles. The molecule has 0 radical (unpaired) electrons. The van der Waals surface area contributed by atoms with Gasteiger partial charge in [-0.1, -0.05) is 38.1 Å². The lowest BCUT2D eigenvalue weighted by Gasteiger charge is -2.14. The quantitative estimate of drug-likeness (QED) is 0.144. The van der Waals surface area contributed by atoms with E-state index in [1.807, 2.05) is 28.8 Å². The Morgan fingerprint density at radius 3 is 2.50 bits per heavy atom. The topological polar surface area (TPSA) is 84.7 Å². The van der Waals surface area contributed by atoms with Gasteiger partial charge in [0.1, 0.15) is 24.0 Å². The number of carbonyl (C=O) groups excluding carboxylic acids is 1. The Hall–Kier alpha value is -4.76. The number of ether oxygens (including phenoxy) is 4. The summed E-state index contributed by atoms with van der Waals surface area (Å²) >= 11 is 0. The van der Waals surface area contributed by atoms with Crippen LogP contribution in [0.25, 0.3) is 22.3 Å². The van der Waals surface area contributed by atoms with Crippen LogP contribution in [-0.4, -0.2) is 48.4 Å². The van der Waals surface area contributed by atoms with Crippen molar-refractivity contribution >= 4 is 17.0 Å². The fraction of sp³-hybridized carbons (Fsp3) is 0.286. The van der Waals surface area contributed by atoms with Crippen LogP contribution in [0.15, 0.2) is 72.8 Å². The van der Waals surface area contributed by atoms with Gasteiger partial charge in [-0.3, -0.25) is 0 Å². The number of benzene rings is 3. The number of hydrogen-bond donors (Lipinski definition) is 0. The van der Waals surface area contributed by atoms with Gasteiger partial charge in [0.05, 0.1) is 43.1 Å².